The van der Waals surface area contributed by atoms with E-state index in [1.54, 1.807) is 6.08 Å². The van der Waals surface area contributed by atoms with Crippen molar-refractivity contribution in [3.8, 4) is 6.07 Å². The van der Waals surface area contributed by atoms with Crippen molar-refractivity contribution in [2.24, 2.45) is 5.92 Å². The van der Waals surface area contributed by atoms with E-state index < -0.39 is 12.6 Å². The fourth-order valence-corrected chi connectivity index (χ4v) is 3.01. The molecule has 1 fully saturated rings. The van der Waals surface area contributed by atoms with Crippen LogP contribution in [0, 0.1) is 17.2 Å². The molecule has 0 heterocycles. The van der Waals surface area contributed by atoms with Crippen molar-refractivity contribution < 1.29 is 13.2 Å². The van der Waals surface area contributed by atoms with E-state index in [4.69, 9.17) is 5.26 Å². The highest BCUT2D eigenvalue weighted by Crippen LogP contribution is 2.36. The van der Waals surface area contributed by atoms with Gasteiger partial charge in [0.15, 0.2) is 0 Å². The molecule has 22 heavy (non-hydrogen) atoms. The summed E-state index contributed by atoms with van der Waals surface area (Å²) in [6.07, 6.45) is 3.09. The largest absolute Gasteiger partial charge is 0.389 e. The maximum Gasteiger partial charge on any atom is 0.389 e. The van der Waals surface area contributed by atoms with Gasteiger partial charge in [-0.1, -0.05) is 24.3 Å². The summed E-state index contributed by atoms with van der Waals surface area (Å²) in [7, 11) is 0. The van der Waals surface area contributed by atoms with Gasteiger partial charge in [-0.3, -0.25) is 0 Å². The molecule has 1 aromatic rings. The van der Waals surface area contributed by atoms with Crippen molar-refractivity contribution in [1.82, 2.24) is 0 Å². The van der Waals surface area contributed by atoms with Crippen molar-refractivity contribution in [2.45, 2.75) is 50.6 Å². The quantitative estimate of drug-likeness (QED) is 0.652. The Hall–Kier alpha value is -1.76. The third kappa shape index (κ3) is 5.22. The first-order valence-corrected chi connectivity index (χ1v) is 7.71. The molecule has 0 radical (unpaired) electrons. The highest BCUT2D eigenvalue weighted by atomic mass is 19.4. The lowest BCUT2D eigenvalue weighted by atomic mass is 9.78. The highest BCUT2D eigenvalue weighted by Gasteiger charge is 2.25. The SMILES string of the molecule is N#Cc1ccc(C2CCC(C=CCCC(F)(F)F)CC2)cc1. The van der Waals surface area contributed by atoms with Crippen molar-refractivity contribution in [2.75, 3.05) is 0 Å². The summed E-state index contributed by atoms with van der Waals surface area (Å²) in [5.41, 5.74) is 1.93. The van der Waals surface area contributed by atoms with Gasteiger partial charge in [-0.2, -0.15) is 18.4 Å². The number of hydrogen-bond acceptors (Lipinski definition) is 1. The lowest BCUT2D eigenvalue weighted by molar-refractivity contribution is -0.133. The lowest BCUT2D eigenvalue weighted by Gasteiger charge is -2.27. The van der Waals surface area contributed by atoms with Gasteiger partial charge in [-0.05, 0) is 61.6 Å². The Kier molecular flexibility index (Phi) is 5.65. The van der Waals surface area contributed by atoms with Crippen LogP contribution in [0.1, 0.15) is 55.6 Å². The van der Waals surface area contributed by atoms with Crippen molar-refractivity contribution in [1.29, 1.82) is 5.26 Å². The van der Waals surface area contributed by atoms with Gasteiger partial charge in [0.2, 0.25) is 0 Å². The average molecular weight is 307 g/mol. The summed E-state index contributed by atoms with van der Waals surface area (Å²) < 4.78 is 36.2. The monoisotopic (exact) mass is 307 g/mol. The van der Waals surface area contributed by atoms with Gasteiger partial charge >= 0.3 is 6.18 Å². The van der Waals surface area contributed by atoms with Gasteiger partial charge < -0.3 is 0 Å². The van der Waals surface area contributed by atoms with E-state index in [-0.39, 0.29) is 6.42 Å². The van der Waals surface area contributed by atoms with E-state index in [9.17, 15) is 13.2 Å². The van der Waals surface area contributed by atoms with Crippen LogP contribution in [0.3, 0.4) is 0 Å². The smallest absolute Gasteiger partial charge is 0.192 e. The summed E-state index contributed by atoms with van der Waals surface area (Å²) >= 11 is 0. The summed E-state index contributed by atoms with van der Waals surface area (Å²) in [5.74, 6) is 0.912. The molecule has 0 unspecified atom stereocenters. The summed E-state index contributed by atoms with van der Waals surface area (Å²) in [6.45, 7) is 0. The van der Waals surface area contributed by atoms with E-state index in [1.165, 1.54) is 5.56 Å². The number of nitriles is 1. The Morgan fingerprint density at radius 3 is 2.27 bits per heavy atom. The maximum absolute atomic E-state index is 12.1. The Balaban J connectivity index is 1.78. The van der Waals surface area contributed by atoms with Gasteiger partial charge in [0.1, 0.15) is 0 Å². The van der Waals surface area contributed by atoms with Crippen LogP contribution in [0.4, 0.5) is 13.2 Å². The number of rotatable bonds is 4. The van der Waals surface area contributed by atoms with Gasteiger partial charge in [-0.25, -0.2) is 0 Å². The highest BCUT2D eigenvalue weighted by molar-refractivity contribution is 5.33. The number of halogens is 3. The molecule has 2 rings (SSSR count). The molecule has 0 atom stereocenters. The minimum absolute atomic E-state index is 0.0824. The van der Waals surface area contributed by atoms with Crippen LogP contribution >= 0.6 is 0 Å². The Morgan fingerprint density at radius 1 is 1.09 bits per heavy atom. The number of allylic oxidation sites excluding steroid dienone is 2. The summed E-state index contributed by atoms with van der Waals surface area (Å²) in [6, 6.07) is 9.84. The fourth-order valence-electron chi connectivity index (χ4n) is 3.01. The maximum atomic E-state index is 12.1. The second-order valence-electron chi connectivity index (χ2n) is 5.93. The molecule has 0 N–H and O–H groups in total. The van der Waals surface area contributed by atoms with Crippen LogP contribution in [-0.4, -0.2) is 6.18 Å². The molecule has 1 aliphatic carbocycles. The molecule has 0 aliphatic heterocycles. The zero-order valence-electron chi connectivity index (χ0n) is 12.4. The van der Waals surface area contributed by atoms with Crippen molar-refractivity contribution in [3.63, 3.8) is 0 Å². The Morgan fingerprint density at radius 2 is 1.73 bits per heavy atom. The fraction of sp³-hybridized carbons (Fsp3) is 0.500. The average Bonchev–Trinajstić information content (AvgIpc) is 2.51. The van der Waals surface area contributed by atoms with Crippen LogP contribution in [0.25, 0.3) is 0 Å². The van der Waals surface area contributed by atoms with Gasteiger partial charge in [0, 0.05) is 6.42 Å². The second-order valence-corrected chi connectivity index (χ2v) is 5.93. The van der Waals surface area contributed by atoms with Crippen LogP contribution in [0.2, 0.25) is 0 Å². The van der Waals surface area contributed by atoms with Gasteiger partial charge in [-0.15, -0.1) is 0 Å². The first kappa shape index (κ1) is 16.6. The van der Waals surface area contributed by atoms with E-state index in [0.29, 0.717) is 17.4 Å². The molecular formula is C18H20F3N. The summed E-state index contributed by atoms with van der Waals surface area (Å²) in [4.78, 5) is 0. The molecule has 0 saturated heterocycles. The van der Waals surface area contributed by atoms with E-state index >= 15 is 0 Å². The van der Waals surface area contributed by atoms with Crippen LogP contribution in [0.5, 0.6) is 0 Å². The molecular weight excluding hydrogens is 287 g/mol. The Labute approximate surface area is 129 Å². The first-order valence-electron chi connectivity index (χ1n) is 7.71. The molecule has 0 spiro atoms. The molecule has 118 valence electrons. The number of hydrogen-bond donors (Lipinski definition) is 0. The van der Waals surface area contributed by atoms with Crippen LogP contribution in [-0.2, 0) is 0 Å². The normalized spacial score (nSPS) is 22.6. The molecule has 4 heteroatoms. The zero-order chi connectivity index (χ0) is 16.0. The molecule has 1 aromatic carbocycles. The topological polar surface area (TPSA) is 23.8 Å². The number of alkyl halides is 3. The number of benzene rings is 1. The van der Waals surface area contributed by atoms with E-state index in [2.05, 4.69) is 6.07 Å². The molecule has 0 aromatic heterocycles. The van der Waals surface area contributed by atoms with Gasteiger partial charge in [0.05, 0.1) is 11.6 Å². The van der Waals surface area contributed by atoms with Crippen molar-refractivity contribution >= 4 is 0 Å². The Bertz CT molecular complexity index is 529. The molecule has 0 bridgehead atoms. The molecule has 1 aliphatic rings. The van der Waals surface area contributed by atoms with Crippen LogP contribution < -0.4 is 0 Å². The summed E-state index contributed by atoms with van der Waals surface area (Å²) in [5, 5.41) is 8.80. The molecule has 1 saturated carbocycles. The second kappa shape index (κ2) is 7.49. The zero-order valence-corrected chi connectivity index (χ0v) is 12.4. The minimum atomic E-state index is -4.06. The molecule has 0 amide bonds. The van der Waals surface area contributed by atoms with Crippen molar-refractivity contribution in [3.05, 3.63) is 47.5 Å². The first-order chi connectivity index (χ1) is 10.5. The molecule has 1 nitrogen and oxygen atoms in total. The predicted octanol–water partition coefficient (Wildman–Crippen LogP) is 5.73. The minimum Gasteiger partial charge on any atom is -0.192 e. The lowest BCUT2D eigenvalue weighted by Crippen LogP contribution is -2.12. The third-order valence-corrected chi connectivity index (χ3v) is 4.29. The number of nitrogens with zero attached hydrogens (tertiary/aromatic N) is 1. The standard InChI is InChI=1S/C18H20F3N/c19-18(20,21)12-2-1-3-14-4-8-16(9-5-14)17-10-6-15(13-22)7-11-17/h1,3,6-7,10-11,14,16H,2,4-5,8-9,12H2. The van der Waals surface area contributed by atoms with Crippen LogP contribution in [0.15, 0.2) is 36.4 Å². The van der Waals surface area contributed by atoms with Gasteiger partial charge in [0.25, 0.3) is 0 Å². The van der Waals surface area contributed by atoms with E-state index in [1.807, 2.05) is 30.3 Å². The van der Waals surface area contributed by atoms with E-state index in [0.717, 1.165) is 25.7 Å². The third-order valence-electron chi connectivity index (χ3n) is 4.29. The predicted molar refractivity (Wildman–Crippen MR) is 80.3 cm³/mol.